The molecule has 1 rings (SSSR count). The largest absolute Gasteiger partial charge is 0.347 e. The second-order valence-corrected chi connectivity index (χ2v) is 3.21. The van der Waals surface area contributed by atoms with Crippen molar-refractivity contribution in [1.29, 1.82) is 0 Å². The van der Waals surface area contributed by atoms with E-state index in [1.54, 1.807) is 12.4 Å². The lowest BCUT2D eigenvalue weighted by atomic mass is 10.4. The van der Waals surface area contributed by atoms with Crippen molar-refractivity contribution in [3.05, 3.63) is 18.1 Å². The molecule has 0 saturated carbocycles. The third-order valence-corrected chi connectivity index (χ3v) is 1.95. The smallest absolute Gasteiger partial charge is 0.147 e. The molecule has 4 nitrogen and oxygen atoms in total. The molecule has 0 radical (unpaired) electrons. The Labute approximate surface area is 90.7 Å². The van der Waals surface area contributed by atoms with Crippen molar-refractivity contribution in [3.8, 4) is 12.3 Å². The van der Waals surface area contributed by atoms with Gasteiger partial charge in [-0.2, -0.15) is 0 Å². The van der Waals surface area contributed by atoms with Gasteiger partial charge in [-0.15, -0.1) is 6.42 Å². The number of hydrogen-bond donors (Lipinski definition) is 1. The maximum absolute atomic E-state index is 5.23. The fourth-order valence-electron chi connectivity index (χ4n) is 1.13. The van der Waals surface area contributed by atoms with Crippen molar-refractivity contribution in [2.24, 2.45) is 0 Å². The van der Waals surface area contributed by atoms with Gasteiger partial charge in [0.25, 0.3) is 0 Å². The second-order valence-electron chi connectivity index (χ2n) is 3.21. The van der Waals surface area contributed by atoms with Gasteiger partial charge in [0, 0.05) is 19.8 Å². The summed E-state index contributed by atoms with van der Waals surface area (Å²) in [5, 5.41) is 3.20. The first-order valence-electron chi connectivity index (χ1n) is 4.94. The fraction of sp³-hybridized carbons (Fsp3) is 0.455. The van der Waals surface area contributed by atoms with Gasteiger partial charge in [-0.1, -0.05) is 12.8 Å². The summed E-state index contributed by atoms with van der Waals surface area (Å²) in [6.45, 7) is 4.26. The van der Waals surface area contributed by atoms with Crippen LogP contribution in [-0.2, 0) is 6.54 Å². The van der Waals surface area contributed by atoms with Gasteiger partial charge in [-0.25, -0.2) is 4.98 Å². The summed E-state index contributed by atoms with van der Waals surface area (Å²) in [5.74, 6) is 3.38. The van der Waals surface area contributed by atoms with Gasteiger partial charge < -0.3 is 10.2 Å². The standard InChI is InChI=1S/C11H16N4/c1-4-6-15(3)11-9-13-8-10(14-11)7-12-5-2/h1,8-9,12H,5-7H2,2-3H3. The van der Waals surface area contributed by atoms with E-state index in [4.69, 9.17) is 6.42 Å². The maximum atomic E-state index is 5.23. The molecule has 1 aromatic heterocycles. The summed E-state index contributed by atoms with van der Waals surface area (Å²) in [7, 11) is 1.90. The van der Waals surface area contributed by atoms with Gasteiger partial charge >= 0.3 is 0 Å². The van der Waals surface area contributed by atoms with Crippen LogP contribution in [0.15, 0.2) is 12.4 Å². The summed E-state index contributed by atoms with van der Waals surface area (Å²) in [4.78, 5) is 10.5. The average Bonchev–Trinajstić information content (AvgIpc) is 2.27. The van der Waals surface area contributed by atoms with Crippen LogP contribution in [0.5, 0.6) is 0 Å². The molecule has 1 aromatic rings. The molecule has 1 N–H and O–H groups in total. The molecule has 1 heterocycles. The number of nitrogens with zero attached hydrogens (tertiary/aromatic N) is 3. The zero-order valence-corrected chi connectivity index (χ0v) is 9.20. The van der Waals surface area contributed by atoms with Crippen LogP contribution in [-0.4, -0.2) is 30.1 Å². The minimum atomic E-state index is 0.541. The lowest BCUT2D eigenvalue weighted by Gasteiger charge is -2.14. The highest BCUT2D eigenvalue weighted by Crippen LogP contribution is 2.06. The Morgan fingerprint density at radius 1 is 1.53 bits per heavy atom. The first kappa shape index (κ1) is 11.5. The summed E-state index contributed by atoms with van der Waals surface area (Å²) in [5.41, 5.74) is 0.929. The van der Waals surface area contributed by atoms with Crippen LogP contribution in [0.25, 0.3) is 0 Å². The monoisotopic (exact) mass is 204 g/mol. The van der Waals surface area contributed by atoms with Gasteiger partial charge in [0.15, 0.2) is 0 Å². The normalized spacial score (nSPS) is 9.67. The van der Waals surface area contributed by atoms with E-state index in [9.17, 15) is 0 Å². The summed E-state index contributed by atoms with van der Waals surface area (Å²) in [6, 6.07) is 0. The molecule has 0 amide bonds. The number of hydrogen-bond acceptors (Lipinski definition) is 4. The molecule has 0 aromatic carbocycles. The third-order valence-electron chi connectivity index (χ3n) is 1.95. The molecule has 0 aliphatic rings. The lowest BCUT2D eigenvalue weighted by molar-refractivity contribution is 0.706. The number of aromatic nitrogens is 2. The van der Waals surface area contributed by atoms with Crippen molar-refractivity contribution < 1.29 is 0 Å². The van der Waals surface area contributed by atoms with Crippen molar-refractivity contribution >= 4 is 5.82 Å². The van der Waals surface area contributed by atoms with Crippen LogP contribution >= 0.6 is 0 Å². The molecule has 0 aliphatic carbocycles. The van der Waals surface area contributed by atoms with Gasteiger partial charge in [0.2, 0.25) is 0 Å². The first-order chi connectivity index (χ1) is 7.27. The Bertz CT molecular complexity index is 343. The highest BCUT2D eigenvalue weighted by atomic mass is 15.2. The number of rotatable bonds is 5. The molecular weight excluding hydrogens is 188 g/mol. The predicted molar refractivity (Wildman–Crippen MR) is 61.5 cm³/mol. The Morgan fingerprint density at radius 2 is 2.33 bits per heavy atom. The zero-order valence-electron chi connectivity index (χ0n) is 9.20. The molecule has 0 fully saturated rings. The second kappa shape index (κ2) is 5.99. The molecule has 80 valence electrons. The fourth-order valence-corrected chi connectivity index (χ4v) is 1.13. The Kier molecular flexibility index (Phi) is 4.58. The predicted octanol–water partition coefficient (Wildman–Crippen LogP) is 0.655. The van der Waals surface area contributed by atoms with Crippen molar-refractivity contribution in [2.45, 2.75) is 13.5 Å². The van der Waals surface area contributed by atoms with Crippen molar-refractivity contribution in [3.63, 3.8) is 0 Å². The molecule has 0 spiro atoms. The number of anilines is 1. The van der Waals surface area contributed by atoms with Crippen LogP contribution in [0, 0.1) is 12.3 Å². The van der Waals surface area contributed by atoms with Gasteiger partial charge in [-0.3, -0.25) is 4.98 Å². The van der Waals surface area contributed by atoms with Crippen LogP contribution < -0.4 is 10.2 Å². The Hall–Kier alpha value is -1.60. The van der Waals surface area contributed by atoms with E-state index in [1.165, 1.54) is 0 Å². The SMILES string of the molecule is C#CCN(C)c1cncc(CNCC)n1. The summed E-state index contributed by atoms with van der Waals surface area (Å²) in [6.07, 6.45) is 8.71. The van der Waals surface area contributed by atoms with Crippen molar-refractivity contribution in [1.82, 2.24) is 15.3 Å². The average molecular weight is 204 g/mol. The van der Waals surface area contributed by atoms with Gasteiger partial charge in [0.1, 0.15) is 5.82 Å². The van der Waals surface area contributed by atoms with Crippen molar-refractivity contribution in [2.75, 3.05) is 25.0 Å². The quantitative estimate of drug-likeness (QED) is 0.715. The highest BCUT2D eigenvalue weighted by Gasteiger charge is 2.02. The molecule has 0 aliphatic heterocycles. The Morgan fingerprint density at radius 3 is 3.00 bits per heavy atom. The molecule has 0 bridgehead atoms. The topological polar surface area (TPSA) is 41.1 Å². The van der Waals surface area contributed by atoms with Crippen LogP contribution in [0.3, 0.4) is 0 Å². The summed E-state index contributed by atoms with van der Waals surface area (Å²) >= 11 is 0. The molecule has 4 heteroatoms. The highest BCUT2D eigenvalue weighted by molar-refractivity contribution is 5.36. The van der Waals surface area contributed by atoms with E-state index < -0.39 is 0 Å². The molecule has 0 unspecified atom stereocenters. The van der Waals surface area contributed by atoms with Crippen LogP contribution in [0.4, 0.5) is 5.82 Å². The summed E-state index contributed by atoms with van der Waals surface area (Å²) < 4.78 is 0. The first-order valence-corrected chi connectivity index (χ1v) is 4.94. The number of nitrogens with one attached hydrogen (secondary N) is 1. The molecule has 0 atom stereocenters. The van der Waals surface area contributed by atoms with Gasteiger partial charge in [-0.05, 0) is 6.54 Å². The van der Waals surface area contributed by atoms with Gasteiger partial charge in [0.05, 0.1) is 18.4 Å². The van der Waals surface area contributed by atoms with Crippen LogP contribution in [0.2, 0.25) is 0 Å². The van der Waals surface area contributed by atoms with E-state index in [2.05, 4.69) is 28.1 Å². The minimum absolute atomic E-state index is 0.541. The maximum Gasteiger partial charge on any atom is 0.147 e. The van der Waals surface area contributed by atoms with E-state index in [-0.39, 0.29) is 0 Å². The minimum Gasteiger partial charge on any atom is -0.347 e. The van der Waals surface area contributed by atoms with E-state index in [0.717, 1.165) is 24.6 Å². The third kappa shape index (κ3) is 3.56. The lowest BCUT2D eigenvalue weighted by Crippen LogP contribution is -2.20. The molecule has 0 saturated heterocycles. The molecular formula is C11H16N4. The number of terminal acetylenes is 1. The van der Waals surface area contributed by atoms with E-state index >= 15 is 0 Å². The zero-order chi connectivity index (χ0) is 11.1. The molecule has 15 heavy (non-hydrogen) atoms. The van der Waals surface area contributed by atoms with E-state index in [0.29, 0.717) is 6.54 Å². The van der Waals surface area contributed by atoms with Crippen LogP contribution in [0.1, 0.15) is 12.6 Å². The Balaban J connectivity index is 2.69. The van der Waals surface area contributed by atoms with E-state index in [1.807, 2.05) is 11.9 Å².